The predicted molar refractivity (Wildman–Crippen MR) is 676 cm³/mol. The normalized spacial score (nSPS) is 8.81. The number of aromatic nitrogens is 1. The van der Waals surface area contributed by atoms with Crippen molar-refractivity contribution in [2.45, 2.75) is 284 Å². The van der Waals surface area contributed by atoms with Crippen LogP contribution in [0, 0.1) is 113 Å². The smallest absolute Gasteiger partial charge is 0.0488 e. The van der Waals surface area contributed by atoms with Crippen LogP contribution in [0.15, 0.2) is 340 Å². The topological polar surface area (TPSA) is 11.4 Å². The molecule has 0 aliphatic rings. The number of nitrogens with zero attached hydrogens (tertiary/aromatic N) is 3. The van der Waals surface area contributed by atoms with Gasteiger partial charge < -0.3 is 14.4 Å². The first-order valence-electron chi connectivity index (χ1n) is 54.9. The summed E-state index contributed by atoms with van der Waals surface area (Å²) in [4.78, 5) is 4.12. The third-order valence-corrected chi connectivity index (χ3v) is 20.6. The molecule has 1 aromatic heterocycles. The molecule has 18 aromatic carbocycles. The van der Waals surface area contributed by atoms with Gasteiger partial charge in [-0.15, -0.1) is 47.2 Å². The Kier molecular flexibility index (Phi) is 102. The zero-order chi connectivity index (χ0) is 112. The zero-order valence-corrected chi connectivity index (χ0v) is 111. The van der Waals surface area contributed by atoms with Gasteiger partial charge in [-0.2, -0.15) is 131 Å². The van der Waals surface area contributed by atoms with Crippen LogP contribution < -0.4 is 4.90 Å². The van der Waals surface area contributed by atoms with E-state index in [0.717, 1.165) is 33.4 Å². The van der Waals surface area contributed by atoms with Gasteiger partial charge in [0.05, 0.1) is 0 Å². The molecule has 0 aliphatic heterocycles. The number of hydrogen-bond donors (Lipinski definition) is 0. The molecule has 149 heavy (non-hydrogen) atoms. The van der Waals surface area contributed by atoms with Crippen molar-refractivity contribution in [3.63, 3.8) is 0 Å². The van der Waals surface area contributed by atoms with Crippen LogP contribution in [0.4, 0.5) is 5.69 Å². The van der Waals surface area contributed by atoms with Crippen molar-refractivity contribution in [2.75, 3.05) is 40.1 Å². The molecule has 6 heteroatoms. The molecule has 0 fully saturated rings. The van der Waals surface area contributed by atoms with E-state index in [0.29, 0.717) is 0 Å². The van der Waals surface area contributed by atoms with Crippen molar-refractivity contribution in [3.05, 3.63) is 437 Å². The van der Waals surface area contributed by atoms with Crippen molar-refractivity contribution < 1.29 is 98.1 Å². The van der Waals surface area contributed by atoms with Crippen molar-refractivity contribution in [1.82, 2.24) is 9.47 Å². The Morgan fingerprint density at radius 1 is 0.201 bits per heavy atom. The first kappa shape index (κ1) is 155. The van der Waals surface area contributed by atoms with Crippen LogP contribution in [0.1, 0.15) is 269 Å². The third-order valence-electron chi connectivity index (χ3n) is 20.6. The molecule has 0 atom stereocenters. The van der Waals surface area contributed by atoms with Crippen molar-refractivity contribution >= 4 is 92.1 Å². The van der Waals surface area contributed by atoms with E-state index in [1.807, 2.05) is 325 Å². The molecule has 0 saturated carbocycles. The first-order valence-corrected chi connectivity index (χ1v) is 54.9. The molecule has 0 amide bonds. The fourth-order valence-corrected chi connectivity index (χ4v) is 14.7. The van der Waals surface area contributed by atoms with Gasteiger partial charge in [0.1, 0.15) is 0 Å². The first-order chi connectivity index (χ1) is 71.1. The van der Waals surface area contributed by atoms with Crippen LogP contribution in [-0.4, -0.2) is 44.7 Å². The van der Waals surface area contributed by atoms with Crippen molar-refractivity contribution in [2.24, 2.45) is 7.05 Å². The molecule has 1 heterocycles. The van der Waals surface area contributed by atoms with Gasteiger partial charge in [0.25, 0.3) is 0 Å². The van der Waals surface area contributed by atoms with E-state index in [9.17, 15) is 0 Å². The molecular weight excluding hydrogens is 2030 g/mol. The molecule has 0 saturated heterocycles. The number of rotatable bonds is 4. The summed E-state index contributed by atoms with van der Waals surface area (Å²) in [5, 5.41) is 18.8. The van der Waals surface area contributed by atoms with Gasteiger partial charge in [0.2, 0.25) is 0 Å². The number of aryl methyl sites for hydroxylation is 12. The van der Waals surface area contributed by atoms with Gasteiger partial charge in [0.15, 0.2) is 0 Å². The molecule has 19 rings (SSSR count). The maximum atomic E-state index is 3.38. The molecular formula is C143H197N3Y3-6. The van der Waals surface area contributed by atoms with Gasteiger partial charge >= 0.3 is 0 Å². The van der Waals surface area contributed by atoms with Gasteiger partial charge in [-0.05, 0) is 158 Å². The largest absolute Gasteiger partial charge is 0.377 e. The SMILES string of the molecule is CC.CC.CC.CC.CC.CC.CC.CC.CC.CC.CC.CC.CC.CC.CC.CN(C)C.Cc1ccc2c3ccccc3c3cccc(C)c3c2c1.Cc1ccc2c[c-]c(-c3[c-]cccc3)c(C)c2c1.Cc1ccc2ccc3cccc(C)c3c2c1.Cc1ccc[c-]c1-c1[c-]cccc1.Cc1ccc[c-]c1-c1[c-]cccc1C.Cc1ccccc1.Cc1ccccc1N(C)C.Cn1c2ccccc2c2ccccc21.[Y].[Y].[Y]. The molecule has 0 N–H and O–H groups in total. The summed E-state index contributed by atoms with van der Waals surface area (Å²) in [5.41, 5.74) is 25.0. The van der Waals surface area contributed by atoms with E-state index >= 15 is 0 Å². The maximum absolute atomic E-state index is 3.38. The third kappa shape index (κ3) is 53.0. The second kappa shape index (κ2) is 97.9. The average Bonchev–Trinajstić information content (AvgIpc) is 1.68. The van der Waals surface area contributed by atoms with Gasteiger partial charge in [-0.1, -0.05) is 470 Å². The second-order valence-electron chi connectivity index (χ2n) is 30.4. The van der Waals surface area contributed by atoms with Crippen molar-refractivity contribution in [1.29, 1.82) is 0 Å². The number of fused-ring (bicyclic) bond motifs is 13. The molecule has 799 valence electrons. The van der Waals surface area contributed by atoms with Gasteiger partial charge in [-0.25, -0.2) is 33.4 Å². The number of anilines is 1. The predicted octanol–water partition coefficient (Wildman–Crippen LogP) is 44.9. The van der Waals surface area contributed by atoms with Crippen molar-refractivity contribution in [3.8, 4) is 33.4 Å². The Labute approximate surface area is 991 Å². The number of para-hydroxylation sites is 3. The van der Waals surface area contributed by atoms with E-state index in [1.54, 1.807) is 0 Å². The molecule has 3 nitrogen and oxygen atoms in total. The standard InChI is InChI=1S/C20H16.C18H14.C16H14.C14H12.C13H11N.C13H10.C9H13N.C7H8.C3H9N.15C2H6.3Y/c1-13-10-11-17-15-7-3-4-8-16(15)18-9-5-6-14(2)20(18)19(17)12-13;1-13-8-9-16-10-11-17(14(2)18(16)12-13)15-6-4-3-5-7-15;1-11-6-7-13-8-9-14-5-3-4-12(2)16(14)15(13)10-11;1-11-7-3-5-9-13(11)14-10-6-4-8-12(14)2;1-14-12-8-4-2-6-10(12)11-7-3-5-9-13(11)14;1-11-7-5-6-10-13(11)12-8-3-2-4-9-12;1-8-6-4-5-7-9(8)10(2)3;1-7-5-3-2-4-6-7;1-4(2)3;15*1-2;;;/h3-12H,1-2H3;3-6,8-10,12H,1-2H3;3-10H,1-2H3;3-8H,1-2H3;2-9H,1H3;2-8H,1H3;4-7H,1-3H3;2-6H,1H3;1-3H3;15*1-2H3;;;/q;-2;;-2;;-2;;;;;;;;;;;;;;;;;;;;;. The molecule has 3 radical (unpaired) electrons. The fourth-order valence-electron chi connectivity index (χ4n) is 14.7. The minimum absolute atomic E-state index is 0. The summed E-state index contributed by atoms with van der Waals surface area (Å²) < 4.78 is 2.24. The van der Waals surface area contributed by atoms with Gasteiger partial charge in [-0.3, -0.25) is 0 Å². The maximum Gasteiger partial charge on any atom is 0.0488 e. The van der Waals surface area contributed by atoms with Gasteiger partial charge in [0, 0.05) is 147 Å². The number of hydrogen-bond acceptors (Lipinski definition) is 2. The Morgan fingerprint density at radius 2 is 0.510 bits per heavy atom. The molecule has 0 aliphatic carbocycles. The summed E-state index contributed by atoms with van der Waals surface area (Å²) in [7, 11) is 12.2. The summed E-state index contributed by atoms with van der Waals surface area (Å²) in [5.74, 6) is 0. The zero-order valence-electron chi connectivity index (χ0n) is 102. The Balaban J connectivity index is -0.000000245. The van der Waals surface area contributed by atoms with Crippen LogP contribution in [0.2, 0.25) is 0 Å². The Morgan fingerprint density at radius 3 is 0.913 bits per heavy atom. The minimum Gasteiger partial charge on any atom is -0.377 e. The molecule has 0 bridgehead atoms. The van der Waals surface area contributed by atoms with E-state index in [-0.39, 0.29) is 98.1 Å². The molecule has 19 aromatic rings. The quantitative estimate of drug-likeness (QED) is 0.129. The van der Waals surface area contributed by atoms with Crippen LogP contribution in [0.25, 0.3) is 120 Å². The van der Waals surface area contributed by atoms with E-state index < -0.39 is 0 Å². The van der Waals surface area contributed by atoms with Crippen LogP contribution in [-0.2, 0) is 105 Å². The minimum atomic E-state index is 0. The fraction of sp³-hybridized carbons (Fsp3) is 0.329. The molecule has 0 unspecified atom stereocenters. The monoisotopic (exact) mass is 2220 g/mol. The summed E-state index contributed by atoms with van der Waals surface area (Å²) in [6.07, 6.45) is 0. The summed E-state index contributed by atoms with van der Waals surface area (Å²) >= 11 is 0. The Bertz CT molecular complexity index is 6350. The van der Waals surface area contributed by atoms with E-state index in [1.165, 1.54) is 153 Å². The summed E-state index contributed by atoms with van der Waals surface area (Å²) in [6.45, 7) is 83.5. The van der Waals surface area contributed by atoms with Crippen LogP contribution in [0.5, 0.6) is 0 Å². The summed E-state index contributed by atoms with van der Waals surface area (Å²) in [6, 6.07) is 138. The van der Waals surface area contributed by atoms with E-state index in [4.69, 9.17) is 0 Å². The van der Waals surface area contributed by atoms with E-state index in [2.05, 4.69) is 392 Å². The van der Waals surface area contributed by atoms with Crippen LogP contribution >= 0.6 is 0 Å². The number of benzene rings is 18. The average molecular weight is 2220 g/mol. The molecule has 0 spiro atoms. The van der Waals surface area contributed by atoms with Crippen LogP contribution in [0.3, 0.4) is 0 Å². The Hall–Kier alpha value is -9.61. The second-order valence-corrected chi connectivity index (χ2v) is 30.4.